The van der Waals surface area contributed by atoms with Gasteiger partial charge in [-0.15, -0.1) is 0 Å². The summed E-state index contributed by atoms with van der Waals surface area (Å²) in [6.45, 7) is 3.64. The third-order valence-electron chi connectivity index (χ3n) is 4.00. The van der Waals surface area contributed by atoms with Gasteiger partial charge in [-0.1, -0.05) is 18.2 Å². The number of rotatable bonds is 2. The molecule has 1 aliphatic carbocycles. The van der Waals surface area contributed by atoms with E-state index < -0.39 is 0 Å². The topological polar surface area (TPSA) is 50.4 Å². The van der Waals surface area contributed by atoms with Gasteiger partial charge in [-0.2, -0.15) is 0 Å². The summed E-state index contributed by atoms with van der Waals surface area (Å²) in [6.07, 6.45) is 9.35. The minimum atomic E-state index is 0.243. The Labute approximate surface area is 116 Å². The first kappa shape index (κ1) is 12.5. The first-order valence-electron chi connectivity index (χ1n) is 6.52. The SMILES string of the molecule is C=C(O)C1CCC(c2ncc3c(Cl)nccn23)CC1. The molecule has 1 aliphatic rings. The van der Waals surface area contributed by atoms with Gasteiger partial charge in [0, 0.05) is 24.2 Å². The van der Waals surface area contributed by atoms with Gasteiger partial charge >= 0.3 is 0 Å². The number of hydrogen-bond acceptors (Lipinski definition) is 3. The molecule has 4 nitrogen and oxygen atoms in total. The summed E-state index contributed by atoms with van der Waals surface area (Å²) in [7, 11) is 0. The maximum Gasteiger partial charge on any atom is 0.154 e. The minimum absolute atomic E-state index is 0.243. The lowest BCUT2D eigenvalue weighted by Crippen LogP contribution is -2.16. The van der Waals surface area contributed by atoms with Crippen LogP contribution in [0.2, 0.25) is 5.15 Å². The van der Waals surface area contributed by atoms with Gasteiger partial charge in [0.1, 0.15) is 11.3 Å². The summed E-state index contributed by atoms with van der Waals surface area (Å²) < 4.78 is 2.02. The third-order valence-corrected chi connectivity index (χ3v) is 4.30. The van der Waals surface area contributed by atoms with E-state index in [-0.39, 0.29) is 5.92 Å². The van der Waals surface area contributed by atoms with Crippen LogP contribution in [-0.2, 0) is 0 Å². The highest BCUT2D eigenvalue weighted by atomic mass is 35.5. The fourth-order valence-electron chi connectivity index (χ4n) is 2.90. The molecule has 100 valence electrons. The van der Waals surface area contributed by atoms with Crippen molar-refractivity contribution in [2.24, 2.45) is 5.92 Å². The van der Waals surface area contributed by atoms with Gasteiger partial charge in [0.15, 0.2) is 5.15 Å². The monoisotopic (exact) mass is 277 g/mol. The van der Waals surface area contributed by atoms with Crippen LogP contribution in [0, 0.1) is 5.92 Å². The number of fused-ring (bicyclic) bond motifs is 1. The van der Waals surface area contributed by atoms with Crippen molar-refractivity contribution in [1.29, 1.82) is 0 Å². The van der Waals surface area contributed by atoms with Crippen molar-refractivity contribution in [2.45, 2.75) is 31.6 Å². The van der Waals surface area contributed by atoms with E-state index >= 15 is 0 Å². The van der Waals surface area contributed by atoms with Crippen molar-refractivity contribution in [1.82, 2.24) is 14.4 Å². The molecule has 0 radical (unpaired) electrons. The van der Waals surface area contributed by atoms with Crippen molar-refractivity contribution < 1.29 is 5.11 Å². The molecule has 0 bridgehead atoms. The number of imidazole rings is 1. The summed E-state index contributed by atoms with van der Waals surface area (Å²) in [4.78, 5) is 8.56. The molecule has 0 aromatic carbocycles. The fourth-order valence-corrected chi connectivity index (χ4v) is 3.10. The van der Waals surface area contributed by atoms with Gasteiger partial charge in [0.25, 0.3) is 0 Å². The third kappa shape index (κ3) is 2.21. The Hall–Kier alpha value is -1.55. The van der Waals surface area contributed by atoms with E-state index in [4.69, 9.17) is 11.6 Å². The first-order chi connectivity index (χ1) is 9.16. The molecule has 0 amide bonds. The van der Waals surface area contributed by atoms with E-state index in [2.05, 4.69) is 16.5 Å². The van der Waals surface area contributed by atoms with Crippen LogP contribution in [0.3, 0.4) is 0 Å². The zero-order valence-electron chi connectivity index (χ0n) is 10.6. The highest BCUT2D eigenvalue weighted by molar-refractivity contribution is 6.32. The molecule has 5 heteroatoms. The predicted molar refractivity (Wildman–Crippen MR) is 74.5 cm³/mol. The van der Waals surface area contributed by atoms with Crippen molar-refractivity contribution in [3.8, 4) is 0 Å². The number of nitrogens with zero attached hydrogens (tertiary/aromatic N) is 3. The molecular weight excluding hydrogens is 262 g/mol. The molecule has 2 aromatic rings. The average molecular weight is 278 g/mol. The normalized spacial score (nSPS) is 23.6. The van der Waals surface area contributed by atoms with Crippen LogP contribution >= 0.6 is 11.6 Å². The average Bonchev–Trinajstić information content (AvgIpc) is 2.84. The molecule has 1 N–H and O–H groups in total. The van der Waals surface area contributed by atoms with Crippen molar-refractivity contribution in [3.63, 3.8) is 0 Å². The van der Waals surface area contributed by atoms with Crippen LogP contribution in [0.15, 0.2) is 30.9 Å². The maximum atomic E-state index is 9.46. The van der Waals surface area contributed by atoms with Crippen LogP contribution in [0.5, 0.6) is 0 Å². The van der Waals surface area contributed by atoms with Crippen LogP contribution < -0.4 is 0 Å². The van der Waals surface area contributed by atoms with Crippen molar-refractivity contribution in [2.75, 3.05) is 0 Å². The molecule has 0 aliphatic heterocycles. The second-order valence-corrected chi connectivity index (χ2v) is 5.49. The summed E-state index contributed by atoms with van der Waals surface area (Å²) >= 11 is 6.06. The van der Waals surface area contributed by atoms with Crippen LogP contribution in [0.4, 0.5) is 0 Å². The molecule has 0 spiro atoms. The molecule has 0 unspecified atom stereocenters. The lowest BCUT2D eigenvalue weighted by atomic mass is 9.81. The predicted octanol–water partition coefficient (Wildman–Crippen LogP) is 3.73. The Kier molecular flexibility index (Phi) is 3.19. The van der Waals surface area contributed by atoms with Gasteiger partial charge < -0.3 is 5.11 Å². The molecule has 2 heterocycles. The molecular formula is C14H16ClN3O. The second kappa shape index (κ2) is 4.85. The van der Waals surface area contributed by atoms with E-state index in [1.165, 1.54) is 0 Å². The molecule has 0 saturated heterocycles. The number of aromatic nitrogens is 3. The number of allylic oxidation sites excluding steroid dienone is 1. The quantitative estimate of drug-likeness (QED) is 0.851. The largest absolute Gasteiger partial charge is 0.513 e. The summed E-state index contributed by atoms with van der Waals surface area (Å²) in [6, 6.07) is 0. The highest BCUT2D eigenvalue weighted by Crippen LogP contribution is 2.37. The van der Waals surface area contributed by atoms with E-state index in [9.17, 15) is 5.11 Å². The Morgan fingerprint density at radius 3 is 2.74 bits per heavy atom. The first-order valence-corrected chi connectivity index (χ1v) is 6.90. The van der Waals surface area contributed by atoms with Crippen molar-refractivity contribution in [3.05, 3.63) is 41.9 Å². The zero-order valence-corrected chi connectivity index (χ0v) is 11.3. The smallest absolute Gasteiger partial charge is 0.154 e. The van der Waals surface area contributed by atoms with E-state index in [1.807, 2.05) is 10.6 Å². The molecule has 2 aromatic heterocycles. The zero-order chi connectivity index (χ0) is 13.4. The Morgan fingerprint density at radius 1 is 1.32 bits per heavy atom. The van der Waals surface area contributed by atoms with Gasteiger partial charge in [-0.25, -0.2) is 9.97 Å². The second-order valence-electron chi connectivity index (χ2n) is 5.13. The lowest BCUT2D eigenvalue weighted by molar-refractivity contribution is 0.261. The molecule has 0 atom stereocenters. The Balaban J connectivity index is 1.86. The van der Waals surface area contributed by atoms with Gasteiger partial charge in [0.05, 0.1) is 12.0 Å². The Bertz CT molecular complexity index is 614. The highest BCUT2D eigenvalue weighted by Gasteiger charge is 2.26. The number of halogens is 1. The molecule has 1 saturated carbocycles. The van der Waals surface area contributed by atoms with Gasteiger partial charge in [-0.05, 0) is 25.7 Å². The van der Waals surface area contributed by atoms with Crippen LogP contribution in [0.1, 0.15) is 37.4 Å². The maximum absolute atomic E-state index is 9.46. The molecule has 3 rings (SSSR count). The van der Waals surface area contributed by atoms with Crippen LogP contribution in [-0.4, -0.2) is 19.5 Å². The van der Waals surface area contributed by atoms with E-state index in [0.717, 1.165) is 37.0 Å². The molecule has 1 fully saturated rings. The number of hydrogen-bond donors (Lipinski definition) is 1. The summed E-state index contributed by atoms with van der Waals surface area (Å²) in [5.74, 6) is 2.02. The summed E-state index contributed by atoms with van der Waals surface area (Å²) in [5, 5.41) is 9.95. The van der Waals surface area contributed by atoms with E-state index in [0.29, 0.717) is 16.8 Å². The summed E-state index contributed by atoms with van der Waals surface area (Å²) in [5.41, 5.74) is 0.854. The lowest BCUT2D eigenvalue weighted by Gasteiger charge is -2.27. The standard InChI is InChI=1S/C14H16ClN3O/c1-9(19)10-2-4-11(5-3-10)14-17-8-12-13(15)16-6-7-18(12)14/h6-8,10-11,19H,1-5H2. The molecule has 19 heavy (non-hydrogen) atoms. The van der Waals surface area contributed by atoms with E-state index in [1.54, 1.807) is 12.4 Å². The Morgan fingerprint density at radius 2 is 2.05 bits per heavy atom. The minimum Gasteiger partial charge on any atom is -0.513 e. The number of aliphatic hydroxyl groups excluding tert-OH is 1. The van der Waals surface area contributed by atoms with Gasteiger partial charge in [-0.3, -0.25) is 4.40 Å². The number of aliphatic hydroxyl groups is 1. The van der Waals surface area contributed by atoms with Crippen molar-refractivity contribution >= 4 is 17.1 Å². The fraction of sp³-hybridized carbons (Fsp3) is 0.429. The van der Waals surface area contributed by atoms with Crippen LogP contribution in [0.25, 0.3) is 5.52 Å². The van der Waals surface area contributed by atoms with Gasteiger partial charge in [0.2, 0.25) is 0 Å².